The molecule has 0 aromatic carbocycles. The molecule has 0 N–H and O–H groups in total. The summed E-state index contributed by atoms with van der Waals surface area (Å²) in [5.74, 6) is 0. The first-order valence-corrected chi connectivity index (χ1v) is 5.11. The van der Waals surface area contributed by atoms with Crippen LogP contribution in [0.5, 0.6) is 0 Å². The minimum absolute atomic E-state index is 0.216. The summed E-state index contributed by atoms with van der Waals surface area (Å²) in [5, 5.41) is 0. The summed E-state index contributed by atoms with van der Waals surface area (Å²) < 4.78 is 0. The lowest BCUT2D eigenvalue weighted by Crippen LogP contribution is -2.15. The van der Waals surface area contributed by atoms with Crippen LogP contribution in [0.1, 0.15) is 53.4 Å². The molecule has 1 atom stereocenters. The molecule has 76 valence electrons. The zero-order chi connectivity index (χ0) is 10.3. The molecule has 0 fully saturated rings. The second kappa shape index (κ2) is 5.95. The first kappa shape index (κ1) is 12.4. The fraction of sp³-hybridized carbons (Fsp3) is 0.750. The van der Waals surface area contributed by atoms with Crippen molar-refractivity contribution in [2.75, 3.05) is 0 Å². The fourth-order valence-electron chi connectivity index (χ4n) is 1.33. The molecule has 0 unspecified atom stereocenters. The lowest BCUT2D eigenvalue weighted by molar-refractivity contribution is -0.109. The topological polar surface area (TPSA) is 17.1 Å². The van der Waals surface area contributed by atoms with E-state index in [2.05, 4.69) is 33.8 Å². The summed E-state index contributed by atoms with van der Waals surface area (Å²) in [7, 11) is 0. The van der Waals surface area contributed by atoms with Crippen molar-refractivity contribution in [3.63, 3.8) is 0 Å². The van der Waals surface area contributed by atoms with E-state index in [0.29, 0.717) is 6.42 Å². The normalized spacial score (nSPS) is 14.8. The molecule has 0 aliphatic heterocycles. The number of hydrogen-bond donors (Lipinski definition) is 0. The Kier molecular flexibility index (Phi) is 5.68. The molecule has 0 saturated heterocycles. The standard InChI is InChI=1S/C12H22O/c1-5-12(4,9-10-13)8-6-7-11(2)3/h7,10H,5-6,8-9H2,1-4H3/t12-/m1/s1. The second-order valence-corrected chi connectivity index (χ2v) is 4.36. The molecule has 0 aliphatic carbocycles. The van der Waals surface area contributed by atoms with Crippen LogP contribution in [0.25, 0.3) is 0 Å². The monoisotopic (exact) mass is 182 g/mol. The molecule has 0 saturated carbocycles. The number of carbonyl (C=O) groups excluding carboxylic acids is 1. The third-order valence-corrected chi connectivity index (χ3v) is 2.73. The maximum Gasteiger partial charge on any atom is 0.120 e. The average molecular weight is 182 g/mol. The lowest BCUT2D eigenvalue weighted by atomic mass is 9.80. The number of allylic oxidation sites excluding steroid dienone is 2. The van der Waals surface area contributed by atoms with Gasteiger partial charge in [-0.15, -0.1) is 0 Å². The largest absolute Gasteiger partial charge is 0.303 e. The molecule has 13 heavy (non-hydrogen) atoms. The Morgan fingerprint density at radius 3 is 2.38 bits per heavy atom. The van der Waals surface area contributed by atoms with E-state index < -0.39 is 0 Å². The Labute approximate surface area is 82.2 Å². The van der Waals surface area contributed by atoms with Crippen LogP contribution in [0.15, 0.2) is 11.6 Å². The summed E-state index contributed by atoms with van der Waals surface area (Å²) in [5.41, 5.74) is 1.58. The highest BCUT2D eigenvalue weighted by atomic mass is 16.1. The summed E-state index contributed by atoms with van der Waals surface area (Å²) in [6.07, 6.45) is 7.29. The minimum Gasteiger partial charge on any atom is -0.303 e. The van der Waals surface area contributed by atoms with Crippen LogP contribution in [0.4, 0.5) is 0 Å². The van der Waals surface area contributed by atoms with E-state index in [1.807, 2.05) is 0 Å². The molecule has 0 rings (SSSR count). The SMILES string of the molecule is CC[C@@](C)(CC=O)CCC=C(C)C. The summed E-state index contributed by atoms with van der Waals surface area (Å²) in [6.45, 7) is 8.58. The molecule has 0 aliphatic rings. The first-order chi connectivity index (χ1) is 6.04. The van der Waals surface area contributed by atoms with Gasteiger partial charge in [-0.25, -0.2) is 0 Å². The number of rotatable bonds is 6. The average Bonchev–Trinajstić information content (AvgIpc) is 2.04. The Bertz CT molecular complexity index is 178. The van der Waals surface area contributed by atoms with E-state index in [1.54, 1.807) is 0 Å². The van der Waals surface area contributed by atoms with E-state index >= 15 is 0 Å². The van der Waals surface area contributed by atoms with Gasteiger partial charge in [0, 0.05) is 6.42 Å². The molecule has 0 radical (unpaired) electrons. The Balaban J connectivity index is 3.97. The van der Waals surface area contributed by atoms with Crippen LogP contribution >= 0.6 is 0 Å². The van der Waals surface area contributed by atoms with Crippen LogP contribution in [0.3, 0.4) is 0 Å². The van der Waals surface area contributed by atoms with Crippen molar-refractivity contribution in [3.05, 3.63) is 11.6 Å². The number of hydrogen-bond acceptors (Lipinski definition) is 1. The highest BCUT2D eigenvalue weighted by Crippen LogP contribution is 2.30. The smallest absolute Gasteiger partial charge is 0.120 e. The van der Waals surface area contributed by atoms with Gasteiger partial charge >= 0.3 is 0 Å². The maximum atomic E-state index is 10.5. The summed E-state index contributed by atoms with van der Waals surface area (Å²) >= 11 is 0. The fourth-order valence-corrected chi connectivity index (χ4v) is 1.33. The quantitative estimate of drug-likeness (QED) is 0.452. The van der Waals surface area contributed by atoms with Crippen molar-refractivity contribution >= 4 is 6.29 Å². The van der Waals surface area contributed by atoms with Gasteiger partial charge in [-0.2, -0.15) is 0 Å². The molecule has 0 amide bonds. The molecular weight excluding hydrogens is 160 g/mol. The first-order valence-electron chi connectivity index (χ1n) is 5.11. The van der Waals surface area contributed by atoms with E-state index in [9.17, 15) is 4.79 Å². The molecular formula is C12H22O. The number of aldehydes is 1. The molecule has 0 aromatic rings. The summed E-state index contributed by atoms with van der Waals surface area (Å²) in [6, 6.07) is 0. The van der Waals surface area contributed by atoms with Crippen LogP contribution in [-0.2, 0) is 4.79 Å². The van der Waals surface area contributed by atoms with Gasteiger partial charge in [-0.1, -0.05) is 31.9 Å². The van der Waals surface area contributed by atoms with Crippen LogP contribution in [0, 0.1) is 5.41 Å². The van der Waals surface area contributed by atoms with Crippen molar-refractivity contribution in [1.29, 1.82) is 0 Å². The zero-order valence-electron chi connectivity index (χ0n) is 9.39. The van der Waals surface area contributed by atoms with Gasteiger partial charge < -0.3 is 4.79 Å². The van der Waals surface area contributed by atoms with E-state index in [0.717, 1.165) is 25.5 Å². The lowest BCUT2D eigenvalue weighted by Gasteiger charge is -2.25. The van der Waals surface area contributed by atoms with Crippen LogP contribution < -0.4 is 0 Å². The highest BCUT2D eigenvalue weighted by molar-refractivity contribution is 5.50. The van der Waals surface area contributed by atoms with Gasteiger partial charge in [0.2, 0.25) is 0 Å². The predicted molar refractivity (Wildman–Crippen MR) is 57.7 cm³/mol. The van der Waals surface area contributed by atoms with E-state index in [-0.39, 0.29) is 5.41 Å². The molecule has 0 spiro atoms. The van der Waals surface area contributed by atoms with Crippen molar-refractivity contribution in [3.8, 4) is 0 Å². The third kappa shape index (κ3) is 5.62. The van der Waals surface area contributed by atoms with Gasteiger partial charge in [-0.05, 0) is 32.1 Å². The van der Waals surface area contributed by atoms with E-state index in [4.69, 9.17) is 0 Å². The maximum absolute atomic E-state index is 10.5. The van der Waals surface area contributed by atoms with Crippen molar-refractivity contribution in [2.24, 2.45) is 5.41 Å². The Hall–Kier alpha value is -0.590. The van der Waals surface area contributed by atoms with E-state index in [1.165, 1.54) is 5.57 Å². The minimum atomic E-state index is 0.216. The van der Waals surface area contributed by atoms with Crippen molar-refractivity contribution < 1.29 is 4.79 Å². The van der Waals surface area contributed by atoms with Crippen molar-refractivity contribution in [1.82, 2.24) is 0 Å². The van der Waals surface area contributed by atoms with Crippen molar-refractivity contribution in [2.45, 2.75) is 53.4 Å². The van der Waals surface area contributed by atoms with Crippen LogP contribution in [0.2, 0.25) is 0 Å². The Morgan fingerprint density at radius 2 is 2.00 bits per heavy atom. The van der Waals surface area contributed by atoms with Crippen LogP contribution in [-0.4, -0.2) is 6.29 Å². The second-order valence-electron chi connectivity index (χ2n) is 4.36. The highest BCUT2D eigenvalue weighted by Gasteiger charge is 2.19. The van der Waals surface area contributed by atoms with Gasteiger partial charge in [-0.3, -0.25) is 0 Å². The Morgan fingerprint density at radius 1 is 1.38 bits per heavy atom. The number of carbonyl (C=O) groups is 1. The molecule has 0 aromatic heterocycles. The van der Waals surface area contributed by atoms with Gasteiger partial charge in [0.1, 0.15) is 6.29 Å². The molecule has 1 heteroatoms. The molecule has 0 bridgehead atoms. The zero-order valence-corrected chi connectivity index (χ0v) is 9.39. The van der Waals surface area contributed by atoms with Gasteiger partial charge in [0.05, 0.1) is 0 Å². The van der Waals surface area contributed by atoms with Gasteiger partial charge in [0.25, 0.3) is 0 Å². The predicted octanol–water partition coefficient (Wildman–Crippen LogP) is 3.74. The molecule has 1 nitrogen and oxygen atoms in total. The summed E-state index contributed by atoms with van der Waals surface area (Å²) in [4.78, 5) is 10.5. The van der Waals surface area contributed by atoms with Gasteiger partial charge in [0.15, 0.2) is 0 Å². The third-order valence-electron chi connectivity index (χ3n) is 2.73. The molecule has 0 heterocycles.